The van der Waals surface area contributed by atoms with Gasteiger partial charge in [-0.05, 0) is 30.2 Å². The number of hydrogen-bond acceptors (Lipinski definition) is 3. The van der Waals surface area contributed by atoms with E-state index in [1.807, 2.05) is 67.6 Å². The molecular formula is C23H20ClN3O2S. The fourth-order valence-electron chi connectivity index (χ4n) is 3.11. The Morgan fingerprint density at radius 3 is 2.30 bits per heavy atom. The molecule has 0 fully saturated rings. The maximum Gasteiger partial charge on any atom is 0.265 e. The van der Waals surface area contributed by atoms with E-state index in [-0.39, 0.29) is 4.90 Å². The zero-order valence-electron chi connectivity index (χ0n) is 16.3. The van der Waals surface area contributed by atoms with Gasteiger partial charge in [-0.1, -0.05) is 78.3 Å². The van der Waals surface area contributed by atoms with E-state index in [1.165, 1.54) is 0 Å². The van der Waals surface area contributed by atoms with E-state index in [1.54, 1.807) is 29.1 Å². The van der Waals surface area contributed by atoms with Crippen LogP contribution >= 0.6 is 11.6 Å². The first-order valence-corrected chi connectivity index (χ1v) is 11.2. The van der Waals surface area contributed by atoms with Gasteiger partial charge in [0.1, 0.15) is 10.6 Å². The largest absolute Gasteiger partial charge is 0.279 e. The van der Waals surface area contributed by atoms with Crippen molar-refractivity contribution in [2.45, 2.75) is 18.4 Å². The summed E-state index contributed by atoms with van der Waals surface area (Å²) in [6.45, 7) is 2.33. The Hall–Kier alpha value is -3.09. The maximum atomic E-state index is 13.3. The lowest BCUT2D eigenvalue weighted by atomic mass is 10.2. The summed E-state index contributed by atoms with van der Waals surface area (Å²) in [6, 6.07) is 24.1. The molecule has 0 aliphatic rings. The van der Waals surface area contributed by atoms with Crippen molar-refractivity contribution in [2.24, 2.45) is 0 Å². The first-order valence-electron chi connectivity index (χ1n) is 9.38. The highest BCUT2D eigenvalue weighted by Gasteiger charge is 2.24. The quantitative estimate of drug-likeness (QED) is 0.441. The third kappa shape index (κ3) is 4.40. The molecule has 0 spiro atoms. The second-order valence-corrected chi connectivity index (χ2v) is 9.02. The maximum absolute atomic E-state index is 13.3. The van der Waals surface area contributed by atoms with Crippen LogP contribution < -0.4 is 4.72 Å². The van der Waals surface area contributed by atoms with Gasteiger partial charge in [0.15, 0.2) is 0 Å². The van der Waals surface area contributed by atoms with E-state index in [0.29, 0.717) is 22.9 Å². The molecule has 0 atom stereocenters. The van der Waals surface area contributed by atoms with Gasteiger partial charge in [0.05, 0.1) is 12.2 Å². The summed E-state index contributed by atoms with van der Waals surface area (Å²) in [5.41, 5.74) is 3.44. The third-order valence-corrected chi connectivity index (χ3v) is 6.47. The molecule has 1 aromatic heterocycles. The minimum absolute atomic E-state index is 0.112. The van der Waals surface area contributed by atoms with Crippen molar-refractivity contribution in [1.29, 1.82) is 0 Å². The van der Waals surface area contributed by atoms with E-state index in [4.69, 9.17) is 11.6 Å². The number of anilines is 1. The fourth-order valence-corrected chi connectivity index (χ4v) is 4.52. The first kappa shape index (κ1) is 20.2. The molecule has 0 amide bonds. The van der Waals surface area contributed by atoms with Crippen LogP contribution in [0, 0.1) is 6.92 Å². The molecule has 1 heterocycles. The number of benzene rings is 3. The van der Waals surface area contributed by atoms with Crippen LogP contribution in [0.15, 0.2) is 90.0 Å². The number of hydrogen-bond donors (Lipinski definition) is 1. The first-order chi connectivity index (χ1) is 14.4. The zero-order valence-corrected chi connectivity index (χ0v) is 17.9. The van der Waals surface area contributed by atoms with Crippen LogP contribution in [0.2, 0.25) is 5.02 Å². The number of nitrogens with zero attached hydrogens (tertiary/aromatic N) is 2. The van der Waals surface area contributed by atoms with E-state index in [0.717, 1.165) is 16.7 Å². The fraction of sp³-hybridized carbons (Fsp3) is 0.0870. The van der Waals surface area contributed by atoms with Crippen molar-refractivity contribution in [3.05, 3.63) is 101 Å². The summed E-state index contributed by atoms with van der Waals surface area (Å²) in [4.78, 5) is 0.112. The Balaban J connectivity index is 1.75. The van der Waals surface area contributed by atoms with E-state index < -0.39 is 10.0 Å². The number of nitrogens with one attached hydrogen (secondary N) is 1. The molecule has 4 aromatic rings. The second-order valence-electron chi connectivity index (χ2n) is 6.96. The van der Waals surface area contributed by atoms with Gasteiger partial charge in [0.25, 0.3) is 10.0 Å². The Kier molecular flexibility index (Phi) is 5.61. The molecule has 0 saturated carbocycles. The van der Waals surface area contributed by atoms with Crippen molar-refractivity contribution in [3.8, 4) is 11.3 Å². The zero-order chi connectivity index (χ0) is 21.1. The Bertz CT molecular complexity index is 1270. The average Bonchev–Trinajstić information content (AvgIpc) is 3.17. The number of aryl methyl sites for hydroxylation is 1. The molecule has 1 N–H and O–H groups in total. The van der Waals surface area contributed by atoms with Gasteiger partial charge >= 0.3 is 0 Å². The van der Waals surface area contributed by atoms with Gasteiger partial charge < -0.3 is 0 Å². The second kappa shape index (κ2) is 8.34. The topological polar surface area (TPSA) is 64.0 Å². The van der Waals surface area contributed by atoms with E-state index in [9.17, 15) is 8.42 Å². The van der Waals surface area contributed by atoms with E-state index >= 15 is 0 Å². The summed E-state index contributed by atoms with van der Waals surface area (Å²) in [5.74, 6) is 0. The minimum Gasteiger partial charge on any atom is -0.279 e. The predicted octanol–water partition coefficient (Wildman–Crippen LogP) is 5.36. The van der Waals surface area contributed by atoms with Crippen molar-refractivity contribution in [1.82, 2.24) is 9.78 Å². The standard InChI is InChI=1S/C23H20ClN3O2S/c1-17-12-13-20(14-21(17)24)26-30(28,29)22-16-27(15-18-8-4-2-5-9-18)25-23(22)19-10-6-3-7-11-19/h2-14,16,26H,15H2,1H3. The smallest absolute Gasteiger partial charge is 0.265 e. The van der Waals surface area contributed by atoms with Crippen molar-refractivity contribution < 1.29 is 8.42 Å². The van der Waals surface area contributed by atoms with Crippen LogP contribution in [0.1, 0.15) is 11.1 Å². The highest BCUT2D eigenvalue weighted by Crippen LogP contribution is 2.29. The minimum atomic E-state index is -3.89. The lowest BCUT2D eigenvalue weighted by Gasteiger charge is -2.09. The normalized spacial score (nSPS) is 11.4. The Morgan fingerprint density at radius 1 is 0.967 bits per heavy atom. The van der Waals surface area contributed by atoms with Gasteiger partial charge in [0.2, 0.25) is 0 Å². The average molecular weight is 438 g/mol. The van der Waals surface area contributed by atoms with Crippen LogP contribution in [0.25, 0.3) is 11.3 Å². The summed E-state index contributed by atoms with van der Waals surface area (Å²) in [7, 11) is -3.89. The molecule has 152 valence electrons. The number of sulfonamides is 1. The number of aromatic nitrogens is 2. The third-order valence-electron chi connectivity index (χ3n) is 4.68. The van der Waals surface area contributed by atoms with Gasteiger partial charge in [-0.25, -0.2) is 8.42 Å². The molecule has 0 saturated heterocycles. The molecule has 7 heteroatoms. The molecule has 4 rings (SSSR count). The molecule has 0 unspecified atom stereocenters. The summed E-state index contributed by atoms with van der Waals surface area (Å²) >= 11 is 6.16. The van der Waals surface area contributed by atoms with Crippen molar-refractivity contribution in [3.63, 3.8) is 0 Å². The van der Waals surface area contributed by atoms with E-state index in [2.05, 4.69) is 9.82 Å². The van der Waals surface area contributed by atoms with Crippen molar-refractivity contribution in [2.75, 3.05) is 4.72 Å². The predicted molar refractivity (Wildman–Crippen MR) is 120 cm³/mol. The summed E-state index contributed by atoms with van der Waals surface area (Å²) in [5, 5.41) is 5.09. The molecule has 0 aliphatic heterocycles. The van der Waals surface area contributed by atoms with Crippen LogP contribution in [0.5, 0.6) is 0 Å². The highest BCUT2D eigenvalue weighted by atomic mass is 35.5. The summed E-state index contributed by atoms with van der Waals surface area (Å²) in [6.07, 6.45) is 1.56. The van der Waals surface area contributed by atoms with Gasteiger partial charge in [-0.2, -0.15) is 5.10 Å². The van der Waals surface area contributed by atoms with Crippen molar-refractivity contribution >= 4 is 27.3 Å². The van der Waals surface area contributed by atoms with Gasteiger partial charge in [-0.3, -0.25) is 9.40 Å². The summed E-state index contributed by atoms with van der Waals surface area (Å²) < 4.78 is 30.8. The number of halogens is 1. The Morgan fingerprint density at radius 2 is 1.63 bits per heavy atom. The van der Waals surface area contributed by atoms with Gasteiger partial charge in [-0.15, -0.1) is 0 Å². The Labute approximate surface area is 181 Å². The van der Waals surface area contributed by atoms with Crippen LogP contribution in [-0.2, 0) is 16.6 Å². The molecular weight excluding hydrogens is 418 g/mol. The molecule has 0 radical (unpaired) electrons. The van der Waals surface area contributed by atoms with Gasteiger partial charge in [0, 0.05) is 16.8 Å². The monoisotopic (exact) mass is 437 g/mol. The molecule has 3 aromatic carbocycles. The molecule has 30 heavy (non-hydrogen) atoms. The SMILES string of the molecule is Cc1ccc(NS(=O)(=O)c2cn(Cc3ccccc3)nc2-c2ccccc2)cc1Cl. The molecule has 5 nitrogen and oxygen atoms in total. The lowest BCUT2D eigenvalue weighted by molar-refractivity contribution is 0.601. The van der Waals surface area contributed by atoms with Crippen LogP contribution in [-0.4, -0.2) is 18.2 Å². The van der Waals surface area contributed by atoms with Crippen LogP contribution in [0.4, 0.5) is 5.69 Å². The van der Waals surface area contributed by atoms with Crippen LogP contribution in [0.3, 0.4) is 0 Å². The highest BCUT2D eigenvalue weighted by molar-refractivity contribution is 7.92. The number of rotatable bonds is 6. The lowest BCUT2D eigenvalue weighted by Crippen LogP contribution is -2.13. The molecule has 0 aliphatic carbocycles. The molecule has 0 bridgehead atoms.